The van der Waals surface area contributed by atoms with Crippen molar-refractivity contribution in [1.29, 1.82) is 0 Å². The number of carbonyl (C=O) groups excluding carboxylic acids is 2. The summed E-state index contributed by atoms with van der Waals surface area (Å²) in [6.45, 7) is 4.73. The molecule has 134 valence electrons. The fraction of sp³-hybridized carbons (Fsp3) is 0.333. The first kappa shape index (κ1) is 16.6. The molecule has 2 aliphatic heterocycles. The van der Waals surface area contributed by atoms with Crippen molar-refractivity contribution in [3.05, 3.63) is 53.1 Å². The first-order valence-electron chi connectivity index (χ1n) is 9.05. The van der Waals surface area contributed by atoms with Gasteiger partial charge in [-0.2, -0.15) is 0 Å². The van der Waals surface area contributed by atoms with Gasteiger partial charge in [-0.1, -0.05) is 0 Å². The van der Waals surface area contributed by atoms with Crippen LogP contribution in [0.1, 0.15) is 41.8 Å². The Bertz CT molecular complexity index is 872. The van der Waals surface area contributed by atoms with Gasteiger partial charge in [0.2, 0.25) is 5.91 Å². The average Bonchev–Trinajstić information content (AvgIpc) is 2.93. The molecule has 0 unspecified atom stereocenters. The molecule has 2 amide bonds. The molecule has 5 heteroatoms. The summed E-state index contributed by atoms with van der Waals surface area (Å²) in [5.41, 5.74) is 4.44. The minimum absolute atomic E-state index is 0.112. The Balaban J connectivity index is 1.54. The van der Waals surface area contributed by atoms with Gasteiger partial charge >= 0.3 is 0 Å². The molecule has 2 aliphatic rings. The summed E-state index contributed by atoms with van der Waals surface area (Å²) < 4.78 is 5.62. The lowest BCUT2D eigenvalue weighted by Gasteiger charge is -2.25. The van der Waals surface area contributed by atoms with Crippen LogP contribution in [0.2, 0.25) is 0 Å². The summed E-state index contributed by atoms with van der Waals surface area (Å²) >= 11 is 0. The zero-order valence-electron chi connectivity index (χ0n) is 15.0. The largest absolute Gasteiger partial charge is 0.491 e. The molecule has 2 aromatic rings. The molecule has 0 spiro atoms. The highest BCUT2D eigenvalue weighted by molar-refractivity contribution is 6.08. The number of aryl methyl sites for hydroxylation is 1. The number of hydrogen-bond donors (Lipinski definition) is 1. The van der Waals surface area contributed by atoms with E-state index in [-0.39, 0.29) is 17.9 Å². The second kappa shape index (κ2) is 6.48. The van der Waals surface area contributed by atoms with Crippen LogP contribution in [0.3, 0.4) is 0 Å². The number of carbonyl (C=O) groups is 2. The van der Waals surface area contributed by atoms with Crippen LogP contribution in [0.15, 0.2) is 36.4 Å². The van der Waals surface area contributed by atoms with Gasteiger partial charge in [0.05, 0.1) is 18.2 Å². The molecule has 26 heavy (non-hydrogen) atoms. The first-order valence-corrected chi connectivity index (χ1v) is 9.05. The van der Waals surface area contributed by atoms with Crippen LogP contribution in [0.25, 0.3) is 0 Å². The molecule has 0 atom stereocenters. The number of hydrogen-bond acceptors (Lipinski definition) is 3. The number of nitrogens with zero attached hydrogens (tertiary/aromatic N) is 1. The Morgan fingerprint density at radius 3 is 2.62 bits per heavy atom. The van der Waals surface area contributed by atoms with Gasteiger partial charge in [0.15, 0.2) is 0 Å². The lowest BCUT2D eigenvalue weighted by molar-refractivity contribution is -0.117. The van der Waals surface area contributed by atoms with E-state index >= 15 is 0 Å². The number of ether oxygens (including phenoxy) is 1. The Labute approximate surface area is 153 Å². The smallest absolute Gasteiger partial charge is 0.255 e. The average molecular weight is 350 g/mol. The molecule has 0 saturated carbocycles. The Morgan fingerprint density at radius 1 is 1.15 bits per heavy atom. The summed E-state index contributed by atoms with van der Waals surface area (Å²) in [6, 6.07) is 11.1. The fourth-order valence-corrected chi connectivity index (χ4v) is 3.70. The summed E-state index contributed by atoms with van der Waals surface area (Å²) in [4.78, 5) is 26.7. The van der Waals surface area contributed by atoms with Gasteiger partial charge in [-0.3, -0.25) is 9.59 Å². The molecular weight excluding hydrogens is 328 g/mol. The predicted octanol–water partition coefficient (Wildman–Crippen LogP) is 3.56. The van der Waals surface area contributed by atoms with Gasteiger partial charge in [0, 0.05) is 17.8 Å². The highest BCUT2D eigenvalue weighted by Gasteiger charge is 2.32. The van der Waals surface area contributed by atoms with Gasteiger partial charge in [-0.05, 0) is 74.2 Å². The normalized spacial score (nSPS) is 15.2. The molecule has 0 saturated heterocycles. The Kier molecular flexibility index (Phi) is 4.15. The quantitative estimate of drug-likeness (QED) is 0.917. The van der Waals surface area contributed by atoms with Gasteiger partial charge in [0.1, 0.15) is 5.75 Å². The number of amides is 2. The van der Waals surface area contributed by atoms with Crippen molar-refractivity contribution >= 4 is 23.2 Å². The minimum atomic E-state index is -0.155. The van der Waals surface area contributed by atoms with E-state index in [1.807, 2.05) is 55.1 Å². The fourth-order valence-electron chi connectivity index (χ4n) is 3.70. The number of benzene rings is 2. The molecule has 1 N–H and O–H groups in total. The van der Waals surface area contributed by atoms with Crippen LogP contribution >= 0.6 is 0 Å². The van der Waals surface area contributed by atoms with Crippen molar-refractivity contribution in [2.45, 2.75) is 39.2 Å². The minimum Gasteiger partial charge on any atom is -0.491 e. The van der Waals surface area contributed by atoms with Gasteiger partial charge < -0.3 is 15.0 Å². The van der Waals surface area contributed by atoms with E-state index < -0.39 is 0 Å². The maximum Gasteiger partial charge on any atom is 0.255 e. The third kappa shape index (κ3) is 3.05. The maximum atomic E-state index is 12.7. The number of nitrogens with one attached hydrogen (secondary N) is 1. The highest BCUT2D eigenvalue weighted by atomic mass is 16.5. The topological polar surface area (TPSA) is 58.6 Å². The van der Waals surface area contributed by atoms with Crippen LogP contribution < -0.4 is 15.0 Å². The van der Waals surface area contributed by atoms with E-state index in [4.69, 9.17) is 4.74 Å². The zero-order valence-corrected chi connectivity index (χ0v) is 15.0. The summed E-state index contributed by atoms with van der Waals surface area (Å²) in [6.07, 6.45) is 2.36. The summed E-state index contributed by atoms with van der Waals surface area (Å²) in [7, 11) is 0. The first-order chi connectivity index (χ1) is 12.5. The van der Waals surface area contributed by atoms with Crippen LogP contribution in [0.5, 0.6) is 5.75 Å². The van der Waals surface area contributed by atoms with E-state index in [2.05, 4.69) is 5.32 Å². The SMILES string of the molecule is CC(C)Oc1ccc(NC(=O)c2cc3c4c(c2)CC(=O)N4CCC3)cc1. The molecule has 0 radical (unpaired) electrons. The van der Waals surface area contributed by atoms with Crippen LogP contribution in [0.4, 0.5) is 11.4 Å². The standard InChI is InChI=1S/C21H22N2O3/c1-13(2)26-18-7-5-17(6-8-18)22-21(25)16-10-14-4-3-9-23-19(24)12-15(11-16)20(14)23/h5-8,10-11,13H,3-4,9,12H2,1-2H3,(H,22,25). The Hall–Kier alpha value is -2.82. The predicted molar refractivity (Wildman–Crippen MR) is 101 cm³/mol. The third-order valence-electron chi connectivity index (χ3n) is 4.75. The van der Waals surface area contributed by atoms with E-state index in [0.29, 0.717) is 12.0 Å². The molecule has 0 fully saturated rings. The third-order valence-corrected chi connectivity index (χ3v) is 4.75. The van der Waals surface area contributed by atoms with Crippen molar-refractivity contribution in [2.24, 2.45) is 0 Å². The van der Waals surface area contributed by atoms with E-state index in [0.717, 1.165) is 47.6 Å². The second-order valence-corrected chi connectivity index (χ2v) is 7.11. The molecule has 0 aliphatic carbocycles. The van der Waals surface area contributed by atoms with Crippen molar-refractivity contribution in [2.75, 3.05) is 16.8 Å². The van der Waals surface area contributed by atoms with Gasteiger partial charge in [0.25, 0.3) is 5.91 Å². The molecule has 2 heterocycles. The number of rotatable bonds is 4. The summed E-state index contributed by atoms with van der Waals surface area (Å²) in [5.74, 6) is 0.760. The van der Waals surface area contributed by atoms with E-state index in [1.165, 1.54) is 0 Å². The van der Waals surface area contributed by atoms with Crippen molar-refractivity contribution < 1.29 is 14.3 Å². The van der Waals surface area contributed by atoms with Crippen molar-refractivity contribution in [3.63, 3.8) is 0 Å². The number of anilines is 2. The van der Waals surface area contributed by atoms with E-state index in [1.54, 1.807) is 0 Å². The summed E-state index contributed by atoms with van der Waals surface area (Å²) in [5, 5.41) is 2.93. The molecular formula is C21H22N2O3. The Morgan fingerprint density at radius 2 is 1.88 bits per heavy atom. The van der Waals surface area contributed by atoms with Crippen LogP contribution in [-0.2, 0) is 17.6 Å². The zero-order chi connectivity index (χ0) is 18.3. The van der Waals surface area contributed by atoms with E-state index in [9.17, 15) is 9.59 Å². The second-order valence-electron chi connectivity index (χ2n) is 7.11. The van der Waals surface area contributed by atoms with Gasteiger partial charge in [-0.25, -0.2) is 0 Å². The molecule has 4 rings (SSSR count). The van der Waals surface area contributed by atoms with Crippen molar-refractivity contribution in [1.82, 2.24) is 0 Å². The highest BCUT2D eigenvalue weighted by Crippen LogP contribution is 2.37. The monoisotopic (exact) mass is 350 g/mol. The lowest BCUT2D eigenvalue weighted by Crippen LogP contribution is -2.31. The molecule has 2 aromatic carbocycles. The molecule has 0 aromatic heterocycles. The van der Waals surface area contributed by atoms with Crippen LogP contribution in [-0.4, -0.2) is 24.5 Å². The van der Waals surface area contributed by atoms with Crippen molar-refractivity contribution in [3.8, 4) is 5.75 Å². The lowest BCUT2D eigenvalue weighted by atomic mass is 9.96. The van der Waals surface area contributed by atoms with Gasteiger partial charge in [-0.15, -0.1) is 0 Å². The van der Waals surface area contributed by atoms with Crippen LogP contribution in [0, 0.1) is 0 Å². The molecule has 0 bridgehead atoms. The maximum absolute atomic E-state index is 12.7. The molecule has 5 nitrogen and oxygen atoms in total.